The molecule has 1 aromatic rings. The fourth-order valence-corrected chi connectivity index (χ4v) is 2.19. The number of likely N-dealkylation sites (tertiary alicyclic amines) is 1. The minimum Gasteiger partial charge on any atom is -0.368 e. The predicted octanol–water partition coefficient (Wildman–Crippen LogP) is 1.31. The zero-order valence-electron chi connectivity index (χ0n) is 8.73. The van der Waals surface area contributed by atoms with Crippen LogP contribution in [0.2, 0.25) is 0 Å². The van der Waals surface area contributed by atoms with Gasteiger partial charge in [-0.1, -0.05) is 30.3 Å². The molecule has 1 heterocycles. The maximum Gasteiger partial charge on any atom is 0.239 e. The van der Waals surface area contributed by atoms with E-state index in [-0.39, 0.29) is 11.9 Å². The first-order chi connectivity index (χ1) is 7.29. The van der Waals surface area contributed by atoms with E-state index in [1.54, 1.807) is 0 Å². The van der Waals surface area contributed by atoms with Gasteiger partial charge in [-0.25, -0.2) is 0 Å². The van der Waals surface area contributed by atoms with Gasteiger partial charge < -0.3 is 5.73 Å². The molecule has 1 saturated heterocycles. The lowest BCUT2D eigenvalue weighted by Crippen LogP contribution is -2.35. The number of carbonyl (C=O) groups excluding carboxylic acids is 1. The van der Waals surface area contributed by atoms with E-state index in [2.05, 4.69) is 4.90 Å². The van der Waals surface area contributed by atoms with Crippen LogP contribution in [0.15, 0.2) is 30.3 Å². The molecule has 2 N–H and O–H groups in total. The molecular weight excluding hydrogens is 188 g/mol. The molecule has 0 radical (unpaired) electrons. The van der Waals surface area contributed by atoms with Crippen LogP contribution in [0.25, 0.3) is 0 Å². The number of hydrogen-bond donors (Lipinski definition) is 1. The summed E-state index contributed by atoms with van der Waals surface area (Å²) in [6.45, 7) is 1.95. The smallest absolute Gasteiger partial charge is 0.239 e. The Balaban J connectivity index is 2.23. The molecule has 0 aromatic heterocycles. The van der Waals surface area contributed by atoms with Gasteiger partial charge in [-0.3, -0.25) is 9.69 Å². The molecule has 15 heavy (non-hydrogen) atoms. The van der Waals surface area contributed by atoms with Crippen molar-refractivity contribution in [2.45, 2.75) is 18.9 Å². The Labute approximate surface area is 89.9 Å². The molecule has 1 fully saturated rings. The van der Waals surface area contributed by atoms with Crippen molar-refractivity contribution in [3.8, 4) is 0 Å². The molecule has 0 spiro atoms. The van der Waals surface area contributed by atoms with Crippen molar-refractivity contribution < 1.29 is 4.79 Å². The second kappa shape index (κ2) is 4.45. The van der Waals surface area contributed by atoms with Gasteiger partial charge in [-0.05, 0) is 31.5 Å². The van der Waals surface area contributed by atoms with Crippen LogP contribution in [-0.2, 0) is 4.79 Å². The van der Waals surface area contributed by atoms with E-state index in [0.717, 1.165) is 31.5 Å². The quantitative estimate of drug-likeness (QED) is 0.807. The van der Waals surface area contributed by atoms with Crippen LogP contribution in [0.4, 0.5) is 0 Å². The van der Waals surface area contributed by atoms with Gasteiger partial charge in [0.25, 0.3) is 0 Å². The molecule has 80 valence electrons. The molecule has 0 unspecified atom stereocenters. The van der Waals surface area contributed by atoms with Crippen LogP contribution in [0, 0.1) is 0 Å². The molecular formula is C12H16N2O. The highest BCUT2D eigenvalue weighted by molar-refractivity contribution is 5.81. The first kappa shape index (κ1) is 10.2. The monoisotopic (exact) mass is 204 g/mol. The van der Waals surface area contributed by atoms with E-state index in [1.165, 1.54) is 0 Å². The lowest BCUT2D eigenvalue weighted by Gasteiger charge is -2.24. The van der Waals surface area contributed by atoms with E-state index in [1.807, 2.05) is 30.3 Å². The Morgan fingerprint density at radius 3 is 2.33 bits per heavy atom. The van der Waals surface area contributed by atoms with Crippen LogP contribution in [0.3, 0.4) is 0 Å². The lowest BCUT2D eigenvalue weighted by atomic mass is 10.1. The van der Waals surface area contributed by atoms with Gasteiger partial charge in [0.1, 0.15) is 6.04 Å². The van der Waals surface area contributed by atoms with Crippen LogP contribution in [-0.4, -0.2) is 23.9 Å². The molecule has 1 aromatic carbocycles. The van der Waals surface area contributed by atoms with Crippen LogP contribution in [0.1, 0.15) is 24.4 Å². The summed E-state index contributed by atoms with van der Waals surface area (Å²) in [5.74, 6) is -0.247. The number of carbonyl (C=O) groups is 1. The van der Waals surface area contributed by atoms with Gasteiger partial charge >= 0.3 is 0 Å². The van der Waals surface area contributed by atoms with Crippen molar-refractivity contribution >= 4 is 5.91 Å². The third kappa shape index (κ3) is 2.18. The normalized spacial score (nSPS) is 18.9. The number of nitrogens with zero attached hydrogens (tertiary/aromatic N) is 1. The molecule has 0 saturated carbocycles. The fraction of sp³-hybridized carbons (Fsp3) is 0.417. The maximum atomic E-state index is 11.5. The molecule has 3 nitrogen and oxygen atoms in total. The Morgan fingerprint density at radius 1 is 1.20 bits per heavy atom. The molecule has 1 aliphatic heterocycles. The first-order valence-corrected chi connectivity index (χ1v) is 5.37. The number of hydrogen-bond acceptors (Lipinski definition) is 2. The summed E-state index contributed by atoms with van der Waals surface area (Å²) in [5.41, 5.74) is 6.47. The number of amides is 1. The predicted molar refractivity (Wildman–Crippen MR) is 59.2 cm³/mol. The van der Waals surface area contributed by atoms with Gasteiger partial charge in [-0.2, -0.15) is 0 Å². The number of primary amides is 1. The van der Waals surface area contributed by atoms with E-state index >= 15 is 0 Å². The first-order valence-electron chi connectivity index (χ1n) is 5.37. The summed E-state index contributed by atoms with van der Waals surface area (Å²) in [4.78, 5) is 13.6. The van der Waals surface area contributed by atoms with Crippen molar-refractivity contribution in [2.24, 2.45) is 5.73 Å². The maximum absolute atomic E-state index is 11.5. The SMILES string of the molecule is NC(=O)[C@H](c1ccccc1)N1CCCC1. The number of rotatable bonds is 3. The summed E-state index contributed by atoms with van der Waals surface area (Å²) in [6, 6.07) is 9.53. The van der Waals surface area contributed by atoms with E-state index in [4.69, 9.17) is 5.73 Å². The zero-order valence-corrected chi connectivity index (χ0v) is 8.73. The zero-order chi connectivity index (χ0) is 10.7. The lowest BCUT2D eigenvalue weighted by molar-refractivity contribution is -0.123. The van der Waals surface area contributed by atoms with E-state index < -0.39 is 0 Å². The Hall–Kier alpha value is -1.35. The third-order valence-corrected chi connectivity index (χ3v) is 2.89. The van der Waals surface area contributed by atoms with Gasteiger partial charge in [0.15, 0.2) is 0 Å². The number of benzene rings is 1. The highest BCUT2D eigenvalue weighted by Gasteiger charge is 2.27. The fourth-order valence-electron chi connectivity index (χ4n) is 2.19. The topological polar surface area (TPSA) is 46.3 Å². The highest BCUT2D eigenvalue weighted by atomic mass is 16.1. The molecule has 0 aliphatic carbocycles. The summed E-state index contributed by atoms with van der Waals surface area (Å²) in [7, 11) is 0. The van der Waals surface area contributed by atoms with Crippen molar-refractivity contribution in [1.29, 1.82) is 0 Å². The van der Waals surface area contributed by atoms with Crippen molar-refractivity contribution in [2.75, 3.05) is 13.1 Å². The minimum atomic E-state index is -0.247. The highest BCUT2D eigenvalue weighted by Crippen LogP contribution is 2.24. The van der Waals surface area contributed by atoms with Gasteiger partial charge in [0.05, 0.1) is 0 Å². The summed E-state index contributed by atoms with van der Waals surface area (Å²) < 4.78 is 0. The van der Waals surface area contributed by atoms with Crippen molar-refractivity contribution in [3.05, 3.63) is 35.9 Å². The van der Waals surface area contributed by atoms with E-state index in [0.29, 0.717) is 0 Å². The molecule has 1 amide bonds. The van der Waals surface area contributed by atoms with Crippen molar-refractivity contribution in [1.82, 2.24) is 4.90 Å². The van der Waals surface area contributed by atoms with Crippen LogP contribution >= 0.6 is 0 Å². The Bertz CT molecular complexity index is 331. The summed E-state index contributed by atoms with van der Waals surface area (Å²) >= 11 is 0. The largest absolute Gasteiger partial charge is 0.368 e. The molecule has 2 rings (SSSR count). The Morgan fingerprint density at radius 2 is 1.80 bits per heavy atom. The van der Waals surface area contributed by atoms with Crippen LogP contribution in [0.5, 0.6) is 0 Å². The molecule has 3 heteroatoms. The summed E-state index contributed by atoms with van der Waals surface area (Å²) in [6.07, 6.45) is 2.33. The van der Waals surface area contributed by atoms with Crippen molar-refractivity contribution in [3.63, 3.8) is 0 Å². The minimum absolute atomic E-state index is 0.242. The number of nitrogens with two attached hydrogens (primary N) is 1. The third-order valence-electron chi connectivity index (χ3n) is 2.89. The molecule has 1 aliphatic rings. The van der Waals surface area contributed by atoms with Crippen LogP contribution < -0.4 is 5.73 Å². The summed E-state index contributed by atoms with van der Waals surface area (Å²) in [5, 5.41) is 0. The molecule has 0 bridgehead atoms. The average molecular weight is 204 g/mol. The standard InChI is InChI=1S/C12H16N2O/c13-12(15)11(14-8-4-5-9-14)10-6-2-1-3-7-10/h1-3,6-7,11H,4-5,8-9H2,(H2,13,15)/t11-/m0/s1. The second-order valence-electron chi connectivity index (χ2n) is 3.96. The van der Waals surface area contributed by atoms with E-state index in [9.17, 15) is 4.79 Å². The molecule has 1 atom stereocenters. The Kier molecular flexibility index (Phi) is 3.02. The van der Waals surface area contributed by atoms with Gasteiger partial charge in [-0.15, -0.1) is 0 Å². The average Bonchev–Trinajstić information content (AvgIpc) is 2.72. The van der Waals surface area contributed by atoms with Gasteiger partial charge in [0, 0.05) is 0 Å². The van der Waals surface area contributed by atoms with Gasteiger partial charge in [0.2, 0.25) is 5.91 Å². The second-order valence-corrected chi connectivity index (χ2v) is 3.96.